The Balaban J connectivity index is 1.48. The van der Waals surface area contributed by atoms with Gasteiger partial charge >= 0.3 is 0 Å². The van der Waals surface area contributed by atoms with Crippen molar-refractivity contribution in [1.29, 1.82) is 0 Å². The Bertz CT molecular complexity index is 476. The van der Waals surface area contributed by atoms with E-state index in [1.165, 1.54) is 0 Å². The molecule has 0 saturated carbocycles. The Kier molecular flexibility index (Phi) is 5.11. The van der Waals surface area contributed by atoms with Gasteiger partial charge in [0.15, 0.2) is 0 Å². The number of hydrogen-bond acceptors (Lipinski definition) is 3. The first-order valence-corrected chi connectivity index (χ1v) is 8.36. The van der Waals surface area contributed by atoms with Gasteiger partial charge < -0.3 is 14.7 Å². The number of piperidine rings is 1. The lowest BCUT2D eigenvalue weighted by molar-refractivity contribution is -0.135. The van der Waals surface area contributed by atoms with Crippen molar-refractivity contribution in [2.45, 2.75) is 44.3 Å². The molecule has 4 heteroatoms. The van der Waals surface area contributed by atoms with Gasteiger partial charge in [0.25, 0.3) is 0 Å². The standard InChI is InChI=1S/C18H25NO3/c20-17(13-16-7-4-12-22-16)19-10-8-15(9-11-19)18(21)14-5-2-1-3-6-14/h1-3,5-6,15-16,18,21H,4,7-13H2. The molecule has 0 bridgehead atoms. The van der Waals surface area contributed by atoms with E-state index in [0.29, 0.717) is 6.42 Å². The summed E-state index contributed by atoms with van der Waals surface area (Å²) in [5.41, 5.74) is 0.978. The first-order chi connectivity index (χ1) is 10.7. The molecule has 0 radical (unpaired) electrons. The third kappa shape index (κ3) is 3.68. The van der Waals surface area contributed by atoms with Crippen LogP contribution in [0.2, 0.25) is 0 Å². The summed E-state index contributed by atoms with van der Waals surface area (Å²) in [6.45, 7) is 2.30. The number of benzene rings is 1. The zero-order chi connectivity index (χ0) is 15.4. The molecule has 3 rings (SSSR count). The second-order valence-electron chi connectivity index (χ2n) is 6.41. The lowest BCUT2D eigenvalue weighted by Crippen LogP contribution is -2.40. The van der Waals surface area contributed by atoms with Crippen LogP contribution in [0.15, 0.2) is 30.3 Å². The van der Waals surface area contributed by atoms with E-state index in [-0.39, 0.29) is 17.9 Å². The van der Waals surface area contributed by atoms with Gasteiger partial charge in [-0.25, -0.2) is 0 Å². The van der Waals surface area contributed by atoms with E-state index >= 15 is 0 Å². The zero-order valence-corrected chi connectivity index (χ0v) is 13.0. The Labute approximate surface area is 132 Å². The van der Waals surface area contributed by atoms with Gasteiger partial charge in [-0.05, 0) is 37.2 Å². The molecule has 2 heterocycles. The molecule has 0 aromatic heterocycles. The average molecular weight is 303 g/mol. The molecule has 2 aliphatic heterocycles. The summed E-state index contributed by atoms with van der Waals surface area (Å²) in [4.78, 5) is 14.2. The minimum atomic E-state index is -0.420. The number of nitrogens with zero attached hydrogens (tertiary/aromatic N) is 1. The number of likely N-dealkylation sites (tertiary alicyclic amines) is 1. The zero-order valence-electron chi connectivity index (χ0n) is 13.0. The second-order valence-corrected chi connectivity index (χ2v) is 6.41. The van der Waals surface area contributed by atoms with Gasteiger partial charge in [0, 0.05) is 19.7 Å². The van der Waals surface area contributed by atoms with E-state index in [2.05, 4.69) is 0 Å². The van der Waals surface area contributed by atoms with Crippen LogP contribution >= 0.6 is 0 Å². The van der Waals surface area contributed by atoms with Crippen LogP contribution in [0.5, 0.6) is 0 Å². The molecule has 2 saturated heterocycles. The lowest BCUT2D eigenvalue weighted by Gasteiger charge is -2.34. The number of ether oxygens (including phenoxy) is 1. The van der Waals surface area contributed by atoms with Crippen LogP contribution in [0, 0.1) is 5.92 Å². The first kappa shape index (κ1) is 15.5. The van der Waals surface area contributed by atoms with Crippen LogP contribution < -0.4 is 0 Å². The van der Waals surface area contributed by atoms with Gasteiger partial charge in [0.05, 0.1) is 18.6 Å². The first-order valence-electron chi connectivity index (χ1n) is 8.36. The number of aliphatic hydroxyl groups excluding tert-OH is 1. The number of carbonyl (C=O) groups is 1. The van der Waals surface area contributed by atoms with Crippen LogP contribution in [0.3, 0.4) is 0 Å². The molecule has 1 amide bonds. The van der Waals surface area contributed by atoms with Crippen LogP contribution in [0.4, 0.5) is 0 Å². The predicted molar refractivity (Wildman–Crippen MR) is 84.3 cm³/mol. The molecule has 120 valence electrons. The van der Waals surface area contributed by atoms with Crippen LogP contribution in [-0.2, 0) is 9.53 Å². The van der Waals surface area contributed by atoms with E-state index in [1.54, 1.807) is 0 Å². The Morgan fingerprint density at radius 1 is 1.23 bits per heavy atom. The van der Waals surface area contributed by atoms with Crippen molar-refractivity contribution in [1.82, 2.24) is 4.90 Å². The average Bonchev–Trinajstić information content (AvgIpc) is 3.08. The molecule has 2 atom stereocenters. The summed E-state index contributed by atoms with van der Waals surface area (Å²) in [6, 6.07) is 9.82. The van der Waals surface area contributed by atoms with Gasteiger partial charge in [0.2, 0.25) is 5.91 Å². The third-order valence-corrected chi connectivity index (χ3v) is 4.91. The largest absolute Gasteiger partial charge is 0.388 e. The van der Waals surface area contributed by atoms with Crippen LogP contribution in [0.25, 0.3) is 0 Å². The predicted octanol–water partition coefficient (Wildman–Crippen LogP) is 2.53. The summed E-state index contributed by atoms with van der Waals surface area (Å²) >= 11 is 0. The fourth-order valence-electron chi connectivity index (χ4n) is 3.52. The van der Waals surface area contributed by atoms with Gasteiger partial charge in [-0.1, -0.05) is 30.3 Å². The van der Waals surface area contributed by atoms with Crippen molar-refractivity contribution >= 4 is 5.91 Å². The smallest absolute Gasteiger partial charge is 0.225 e. The number of rotatable bonds is 4. The summed E-state index contributed by atoms with van der Waals surface area (Å²) in [5, 5.41) is 10.5. The highest BCUT2D eigenvalue weighted by atomic mass is 16.5. The maximum atomic E-state index is 12.3. The lowest BCUT2D eigenvalue weighted by atomic mass is 9.87. The highest BCUT2D eigenvalue weighted by Gasteiger charge is 2.29. The SMILES string of the molecule is O=C(CC1CCCO1)N1CCC(C(O)c2ccccc2)CC1. The Morgan fingerprint density at radius 3 is 2.59 bits per heavy atom. The molecular formula is C18H25NO3. The Morgan fingerprint density at radius 2 is 1.95 bits per heavy atom. The fourth-order valence-corrected chi connectivity index (χ4v) is 3.52. The molecule has 22 heavy (non-hydrogen) atoms. The summed E-state index contributed by atoms with van der Waals surface area (Å²) in [7, 11) is 0. The van der Waals surface area contributed by atoms with Gasteiger partial charge in [-0.3, -0.25) is 4.79 Å². The van der Waals surface area contributed by atoms with Crippen molar-refractivity contribution in [2.24, 2.45) is 5.92 Å². The van der Waals surface area contributed by atoms with Crippen molar-refractivity contribution in [3.63, 3.8) is 0 Å². The molecule has 2 fully saturated rings. The molecule has 1 N–H and O–H groups in total. The number of carbonyl (C=O) groups excluding carboxylic acids is 1. The van der Waals surface area contributed by atoms with E-state index < -0.39 is 6.10 Å². The van der Waals surface area contributed by atoms with Crippen molar-refractivity contribution in [3.05, 3.63) is 35.9 Å². The van der Waals surface area contributed by atoms with Gasteiger partial charge in [0.1, 0.15) is 0 Å². The minimum absolute atomic E-state index is 0.125. The highest BCUT2D eigenvalue weighted by molar-refractivity contribution is 5.76. The minimum Gasteiger partial charge on any atom is -0.388 e. The number of aliphatic hydroxyl groups is 1. The van der Waals surface area contributed by atoms with Gasteiger partial charge in [-0.2, -0.15) is 0 Å². The molecular weight excluding hydrogens is 278 g/mol. The molecule has 1 aromatic rings. The Hall–Kier alpha value is -1.39. The third-order valence-electron chi connectivity index (χ3n) is 4.91. The molecule has 1 aromatic carbocycles. The fraction of sp³-hybridized carbons (Fsp3) is 0.611. The monoisotopic (exact) mass is 303 g/mol. The topological polar surface area (TPSA) is 49.8 Å². The second kappa shape index (κ2) is 7.25. The van der Waals surface area contributed by atoms with Crippen LogP contribution in [-0.4, -0.2) is 41.7 Å². The van der Waals surface area contributed by atoms with Crippen molar-refractivity contribution < 1.29 is 14.6 Å². The maximum absolute atomic E-state index is 12.3. The molecule has 0 spiro atoms. The van der Waals surface area contributed by atoms with E-state index in [0.717, 1.165) is 50.9 Å². The van der Waals surface area contributed by atoms with E-state index in [1.807, 2.05) is 35.2 Å². The quantitative estimate of drug-likeness (QED) is 0.930. The molecule has 2 aliphatic rings. The summed E-state index contributed by atoms with van der Waals surface area (Å²) in [6.07, 6.45) is 4.04. The maximum Gasteiger partial charge on any atom is 0.225 e. The van der Waals surface area contributed by atoms with Gasteiger partial charge in [-0.15, -0.1) is 0 Å². The molecule has 2 unspecified atom stereocenters. The molecule has 0 aliphatic carbocycles. The van der Waals surface area contributed by atoms with E-state index in [9.17, 15) is 9.90 Å². The van der Waals surface area contributed by atoms with Crippen LogP contribution in [0.1, 0.15) is 43.8 Å². The number of amides is 1. The molecule has 4 nitrogen and oxygen atoms in total. The number of hydrogen-bond donors (Lipinski definition) is 1. The summed E-state index contributed by atoms with van der Waals surface area (Å²) < 4.78 is 5.54. The summed E-state index contributed by atoms with van der Waals surface area (Å²) in [5.74, 6) is 0.453. The van der Waals surface area contributed by atoms with Crippen molar-refractivity contribution in [2.75, 3.05) is 19.7 Å². The van der Waals surface area contributed by atoms with Crippen molar-refractivity contribution in [3.8, 4) is 0 Å². The normalized spacial score (nSPS) is 24.4. The van der Waals surface area contributed by atoms with E-state index in [4.69, 9.17) is 4.74 Å². The highest BCUT2D eigenvalue weighted by Crippen LogP contribution is 2.31.